The summed E-state index contributed by atoms with van der Waals surface area (Å²) < 4.78 is 10.6. The van der Waals surface area contributed by atoms with Crippen molar-refractivity contribution < 1.29 is 24.2 Å². The van der Waals surface area contributed by atoms with Gasteiger partial charge in [0.25, 0.3) is 0 Å². The summed E-state index contributed by atoms with van der Waals surface area (Å²) in [4.78, 5) is 21.1. The highest BCUT2D eigenvalue weighted by atomic mass is 16.6. The lowest BCUT2D eigenvalue weighted by Gasteiger charge is -2.12. The van der Waals surface area contributed by atoms with Crippen LogP contribution >= 0.6 is 0 Å². The number of methoxy groups -OCH3 is 1. The smallest absolute Gasteiger partial charge is 0.339 e. The van der Waals surface area contributed by atoms with Crippen LogP contribution in [0.25, 0.3) is 5.57 Å². The van der Waals surface area contributed by atoms with E-state index in [-0.39, 0.29) is 12.2 Å². The number of carboxylic acids is 1. The molecule has 2 aromatic rings. The molecule has 1 aromatic heterocycles. The van der Waals surface area contributed by atoms with Gasteiger partial charge < -0.3 is 19.4 Å². The second-order valence-corrected chi connectivity index (χ2v) is 6.11. The molecule has 0 spiro atoms. The Morgan fingerprint density at radius 2 is 2.00 bits per heavy atom. The summed E-state index contributed by atoms with van der Waals surface area (Å²) in [6, 6.07) is 12.9. The monoisotopic (exact) mass is 398 g/mol. The topological polar surface area (TPSA) is 90.2 Å². The van der Waals surface area contributed by atoms with E-state index in [1.54, 1.807) is 18.3 Å². The Bertz CT molecular complexity index is 834. The number of hydrogen-bond donors (Lipinski definition) is 1. The van der Waals surface area contributed by atoms with Gasteiger partial charge in [-0.1, -0.05) is 42.4 Å². The van der Waals surface area contributed by atoms with Crippen LogP contribution in [0.1, 0.15) is 36.6 Å². The maximum atomic E-state index is 11.5. The number of aliphatic carboxylic acids is 1. The maximum Gasteiger partial charge on any atom is 0.339 e. The summed E-state index contributed by atoms with van der Waals surface area (Å²) in [5.74, 6) is -0.620. The zero-order chi connectivity index (χ0) is 20.9. The van der Waals surface area contributed by atoms with Crippen LogP contribution in [0.15, 0.2) is 60.1 Å². The molecule has 0 amide bonds. The van der Waals surface area contributed by atoms with E-state index in [0.717, 1.165) is 24.1 Å². The van der Waals surface area contributed by atoms with Gasteiger partial charge in [0.2, 0.25) is 5.90 Å². The molecule has 0 fully saturated rings. The number of nitrogens with zero attached hydrogens (tertiary/aromatic N) is 2. The van der Waals surface area contributed by atoms with Gasteiger partial charge in [0.05, 0.1) is 13.4 Å². The summed E-state index contributed by atoms with van der Waals surface area (Å²) in [6.45, 7) is 2.55. The molecule has 0 aliphatic heterocycles. The molecule has 0 atom stereocenters. The molecule has 7 nitrogen and oxygen atoms in total. The van der Waals surface area contributed by atoms with Crippen LogP contribution in [0.4, 0.5) is 0 Å². The van der Waals surface area contributed by atoms with Gasteiger partial charge >= 0.3 is 5.97 Å². The summed E-state index contributed by atoms with van der Waals surface area (Å²) in [7, 11) is 1.41. The lowest BCUT2D eigenvalue weighted by molar-refractivity contribution is -0.130. The molecule has 1 heterocycles. The number of aryl methyl sites for hydroxylation is 1. The lowest BCUT2D eigenvalue weighted by atomic mass is 10.0. The van der Waals surface area contributed by atoms with E-state index in [2.05, 4.69) is 10.1 Å². The standard InChI is InChI=1S/C22H26N2O5/c1-3-21(24-29-14-8-11-18-10-6-7-13-23-18)28-15-17-9-4-5-12-19(17)20(16-27-2)22(25)26/h4-7,9-10,12-13,16H,3,8,11,14-15H2,1-2H3,(H,25,26). The molecule has 0 aliphatic rings. The van der Waals surface area contributed by atoms with Crippen molar-refractivity contribution in [3.05, 3.63) is 71.7 Å². The highest BCUT2D eigenvalue weighted by molar-refractivity contribution is 6.15. The fourth-order valence-corrected chi connectivity index (χ4v) is 2.59. The third-order valence-corrected chi connectivity index (χ3v) is 4.03. The average molecular weight is 398 g/mol. The SMILES string of the molecule is CCC(=NOCCCc1ccccn1)OCc1ccccc1C(=COC)C(=O)O. The van der Waals surface area contributed by atoms with Crippen LogP contribution in [0.3, 0.4) is 0 Å². The van der Waals surface area contributed by atoms with Gasteiger partial charge in [0.15, 0.2) is 0 Å². The molecule has 154 valence electrons. The van der Waals surface area contributed by atoms with Crippen LogP contribution in [0, 0.1) is 0 Å². The zero-order valence-electron chi connectivity index (χ0n) is 16.7. The molecule has 0 unspecified atom stereocenters. The minimum Gasteiger partial charge on any atom is -0.503 e. The van der Waals surface area contributed by atoms with Gasteiger partial charge in [-0.3, -0.25) is 4.98 Å². The molecule has 1 aromatic carbocycles. The second-order valence-electron chi connectivity index (χ2n) is 6.11. The van der Waals surface area contributed by atoms with Gasteiger partial charge in [-0.25, -0.2) is 4.79 Å². The number of carbonyl (C=O) groups is 1. The number of oxime groups is 1. The van der Waals surface area contributed by atoms with Gasteiger partial charge in [0.1, 0.15) is 18.8 Å². The molecular weight excluding hydrogens is 372 g/mol. The Hall–Kier alpha value is -3.35. The quantitative estimate of drug-likeness (QED) is 0.153. The van der Waals surface area contributed by atoms with E-state index in [1.165, 1.54) is 13.4 Å². The molecule has 0 aliphatic carbocycles. The molecule has 0 bridgehead atoms. The van der Waals surface area contributed by atoms with E-state index in [9.17, 15) is 9.90 Å². The average Bonchev–Trinajstić information content (AvgIpc) is 2.75. The Labute approximate surface area is 170 Å². The zero-order valence-corrected chi connectivity index (χ0v) is 16.7. The number of pyridine rings is 1. The number of benzene rings is 1. The van der Waals surface area contributed by atoms with Crippen LogP contribution in [-0.2, 0) is 32.1 Å². The number of carboxylic acid groups (broad SMARTS) is 1. The first-order chi connectivity index (χ1) is 14.2. The van der Waals surface area contributed by atoms with Gasteiger partial charge in [0, 0.05) is 18.3 Å². The molecule has 29 heavy (non-hydrogen) atoms. The van der Waals surface area contributed by atoms with Crippen molar-refractivity contribution in [2.75, 3.05) is 13.7 Å². The fraction of sp³-hybridized carbons (Fsp3) is 0.318. The predicted octanol–water partition coefficient (Wildman–Crippen LogP) is 4.04. The molecule has 7 heteroatoms. The van der Waals surface area contributed by atoms with E-state index < -0.39 is 5.97 Å². The van der Waals surface area contributed by atoms with Crippen molar-refractivity contribution in [1.82, 2.24) is 4.98 Å². The summed E-state index contributed by atoms with van der Waals surface area (Å²) in [6.07, 6.45) is 5.15. The molecule has 0 saturated carbocycles. The Morgan fingerprint density at radius 3 is 2.69 bits per heavy atom. The van der Waals surface area contributed by atoms with Crippen molar-refractivity contribution in [2.24, 2.45) is 5.16 Å². The Balaban J connectivity index is 1.91. The van der Waals surface area contributed by atoms with Crippen LogP contribution in [0.2, 0.25) is 0 Å². The molecule has 0 saturated heterocycles. The highest BCUT2D eigenvalue weighted by Crippen LogP contribution is 2.21. The fourth-order valence-electron chi connectivity index (χ4n) is 2.59. The molecule has 2 rings (SSSR count). The normalized spacial score (nSPS) is 11.8. The summed E-state index contributed by atoms with van der Waals surface area (Å²) >= 11 is 0. The van der Waals surface area contributed by atoms with Gasteiger partial charge in [-0.2, -0.15) is 0 Å². The van der Waals surface area contributed by atoms with Crippen molar-refractivity contribution >= 4 is 17.4 Å². The predicted molar refractivity (Wildman–Crippen MR) is 110 cm³/mol. The first-order valence-corrected chi connectivity index (χ1v) is 9.41. The van der Waals surface area contributed by atoms with E-state index in [0.29, 0.717) is 24.5 Å². The highest BCUT2D eigenvalue weighted by Gasteiger charge is 2.15. The van der Waals surface area contributed by atoms with E-state index in [1.807, 2.05) is 37.3 Å². The van der Waals surface area contributed by atoms with Crippen molar-refractivity contribution in [2.45, 2.75) is 32.8 Å². The van der Waals surface area contributed by atoms with E-state index in [4.69, 9.17) is 14.3 Å². The Kier molecular flexibility index (Phi) is 9.21. The minimum atomic E-state index is -1.07. The van der Waals surface area contributed by atoms with Crippen LogP contribution in [0.5, 0.6) is 0 Å². The lowest BCUT2D eigenvalue weighted by Crippen LogP contribution is -2.08. The van der Waals surface area contributed by atoms with Crippen molar-refractivity contribution in [1.29, 1.82) is 0 Å². The molecule has 1 N–H and O–H groups in total. The van der Waals surface area contributed by atoms with Crippen LogP contribution < -0.4 is 0 Å². The van der Waals surface area contributed by atoms with Crippen molar-refractivity contribution in [3.8, 4) is 0 Å². The van der Waals surface area contributed by atoms with E-state index >= 15 is 0 Å². The second kappa shape index (κ2) is 12.2. The summed E-state index contributed by atoms with van der Waals surface area (Å²) in [5.41, 5.74) is 2.33. The first-order valence-electron chi connectivity index (χ1n) is 9.41. The Morgan fingerprint density at radius 1 is 1.21 bits per heavy atom. The third kappa shape index (κ3) is 7.29. The number of hydrogen-bond acceptors (Lipinski definition) is 6. The van der Waals surface area contributed by atoms with Crippen molar-refractivity contribution in [3.63, 3.8) is 0 Å². The third-order valence-electron chi connectivity index (χ3n) is 4.03. The maximum absolute atomic E-state index is 11.5. The van der Waals surface area contributed by atoms with Gasteiger partial charge in [-0.05, 0) is 36.1 Å². The number of aromatic nitrogens is 1. The largest absolute Gasteiger partial charge is 0.503 e. The summed E-state index contributed by atoms with van der Waals surface area (Å²) in [5, 5.41) is 13.5. The number of ether oxygens (including phenoxy) is 2. The van der Waals surface area contributed by atoms with Gasteiger partial charge in [-0.15, -0.1) is 0 Å². The first kappa shape index (κ1) is 21.9. The molecule has 0 radical (unpaired) electrons. The van der Waals surface area contributed by atoms with Crippen LogP contribution in [-0.4, -0.2) is 35.7 Å². The number of rotatable bonds is 11. The molecular formula is C22H26N2O5. The minimum absolute atomic E-state index is 0.0625.